The highest BCUT2D eigenvalue weighted by atomic mass is 35.5. The van der Waals surface area contributed by atoms with E-state index in [0.717, 1.165) is 40.5 Å². The number of hydroxylamine groups is 3. The van der Waals surface area contributed by atoms with Crippen molar-refractivity contribution < 1.29 is 4.65 Å². The van der Waals surface area contributed by atoms with E-state index >= 15 is 0 Å². The maximum absolute atomic E-state index is 11.4. The van der Waals surface area contributed by atoms with Gasteiger partial charge in [0.2, 0.25) is 0 Å². The van der Waals surface area contributed by atoms with Crippen LogP contribution in [0.25, 0.3) is 0 Å². The van der Waals surface area contributed by atoms with Crippen molar-refractivity contribution >= 4 is 21.0 Å². The minimum atomic E-state index is 0. The molecule has 1 aliphatic heterocycles. The molecule has 0 N–H and O–H groups in total. The Morgan fingerprint density at radius 2 is 1.90 bits per heavy atom. The second-order valence-corrected chi connectivity index (χ2v) is 4.07. The monoisotopic (exact) mass is 183 g/mol. The first-order valence-corrected chi connectivity index (χ1v) is 4.96. The smallest absolute Gasteiger partial charge is 0.0821 e. The number of rotatable bonds is 1. The van der Waals surface area contributed by atoms with Gasteiger partial charge < -0.3 is 9.85 Å². The first-order chi connectivity index (χ1) is 4.27. The zero-order chi connectivity index (χ0) is 6.74. The minimum absolute atomic E-state index is 0. The van der Waals surface area contributed by atoms with Crippen LogP contribution < -0.4 is 0 Å². The van der Waals surface area contributed by atoms with Gasteiger partial charge in [-0.25, -0.2) is 0 Å². The van der Waals surface area contributed by atoms with E-state index in [0.29, 0.717) is 0 Å². The number of nitrogens with zero attached hydrogens (tertiary/aromatic N) is 1. The van der Waals surface area contributed by atoms with Crippen LogP contribution in [-0.4, -0.2) is 36.6 Å². The van der Waals surface area contributed by atoms with Crippen molar-refractivity contribution in [1.29, 1.82) is 0 Å². The highest BCUT2D eigenvalue weighted by Crippen LogP contribution is 2.20. The fraction of sp³-hybridized carbons (Fsp3) is 1.00. The van der Waals surface area contributed by atoms with E-state index < -0.39 is 0 Å². The van der Waals surface area contributed by atoms with Gasteiger partial charge in [-0.2, -0.15) is 0 Å². The maximum atomic E-state index is 11.4. The highest BCUT2D eigenvalue weighted by molar-refractivity contribution is 7.38. The van der Waals surface area contributed by atoms with Gasteiger partial charge >= 0.3 is 0 Å². The molecule has 1 heterocycles. The lowest BCUT2D eigenvalue weighted by atomic mass is 10.5. The van der Waals surface area contributed by atoms with E-state index in [-0.39, 0.29) is 17.1 Å². The summed E-state index contributed by atoms with van der Waals surface area (Å²) in [5.41, 5.74) is 0. The fourth-order valence-electron chi connectivity index (χ4n) is 1.12. The molecular weight excluding hydrogens is 168 g/mol. The Labute approximate surface area is 70.3 Å². The molecule has 0 aromatic heterocycles. The van der Waals surface area contributed by atoms with Crippen molar-refractivity contribution in [1.82, 2.24) is 0 Å². The van der Waals surface area contributed by atoms with Gasteiger partial charge in [0.05, 0.1) is 19.6 Å². The Kier molecular flexibility index (Phi) is 4.79. The molecule has 62 valence electrons. The second kappa shape index (κ2) is 4.50. The van der Waals surface area contributed by atoms with Gasteiger partial charge in [-0.05, 0) is 6.92 Å². The van der Waals surface area contributed by atoms with E-state index in [4.69, 9.17) is 0 Å². The number of quaternary nitrogens is 1. The molecule has 0 unspecified atom stereocenters. The van der Waals surface area contributed by atoms with Crippen LogP contribution in [0.4, 0.5) is 0 Å². The molecule has 0 aliphatic carbocycles. The molecule has 10 heavy (non-hydrogen) atoms. The molecule has 0 aromatic carbocycles. The average Bonchev–Trinajstić information content (AvgIpc) is 1.90. The van der Waals surface area contributed by atoms with Crippen LogP contribution in [0.5, 0.6) is 0 Å². The normalized spacial score (nSPS) is 35.4. The Balaban J connectivity index is 0.000000810. The van der Waals surface area contributed by atoms with E-state index in [1.54, 1.807) is 0 Å². The predicted molar refractivity (Wildman–Crippen MR) is 49.2 cm³/mol. The summed E-state index contributed by atoms with van der Waals surface area (Å²) in [6, 6.07) is 0. The largest absolute Gasteiger partial charge is 0.633 e. The second-order valence-electron chi connectivity index (χ2n) is 2.57. The van der Waals surface area contributed by atoms with Crippen LogP contribution >= 0.6 is 21.0 Å². The highest BCUT2D eigenvalue weighted by Gasteiger charge is 2.17. The summed E-state index contributed by atoms with van der Waals surface area (Å²) in [6.07, 6.45) is 2.33. The van der Waals surface area contributed by atoms with Crippen LogP contribution in [0.1, 0.15) is 6.92 Å². The topological polar surface area (TPSA) is 23.1 Å². The van der Waals surface area contributed by atoms with Crippen LogP contribution in [0.3, 0.4) is 0 Å². The molecule has 0 aromatic rings. The van der Waals surface area contributed by atoms with E-state index in [1.165, 1.54) is 0 Å². The summed E-state index contributed by atoms with van der Waals surface area (Å²) in [5.74, 6) is 0. The molecule has 0 saturated carbocycles. The van der Waals surface area contributed by atoms with Crippen molar-refractivity contribution in [3.63, 3.8) is 0 Å². The van der Waals surface area contributed by atoms with Gasteiger partial charge in [0.15, 0.2) is 0 Å². The summed E-state index contributed by atoms with van der Waals surface area (Å²) in [6.45, 7) is 4.50. The maximum Gasteiger partial charge on any atom is 0.0821 e. The van der Waals surface area contributed by atoms with Crippen molar-refractivity contribution in [2.24, 2.45) is 0 Å². The Hall–Kier alpha value is 0.640. The zero-order valence-electron chi connectivity index (χ0n) is 6.30. The quantitative estimate of drug-likeness (QED) is 0.343. The van der Waals surface area contributed by atoms with Crippen molar-refractivity contribution in [2.75, 3.05) is 32.0 Å². The van der Waals surface area contributed by atoms with E-state index in [9.17, 15) is 5.21 Å². The van der Waals surface area contributed by atoms with Crippen LogP contribution in [0.2, 0.25) is 0 Å². The molecule has 4 heteroatoms. The number of hydrogen-bond donors (Lipinski definition) is 0. The lowest BCUT2D eigenvalue weighted by Gasteiger charge is -2.44. The standard InChI is InChI=1S/C6H14NOP.ClH/c1-2-7(8)3-5-9-6-4-7;/h9H,2-6H2,1H3;1H. The predicted octanol–water partition coefficient (Wildman–Crippen LogP) is 1.43. The summed E-state index contributed by atoms with van der Waals surface area (Å²) < 4.78 is 0.0764. The zero-order valence-corrected chi connectivity index (χ0v) is 8.12. The Morgan fingerprint density at radius 1 is 1.40 bits per heavy atom. The number of halogens is 1. The Morgan fingerprint density at radius 3 is 2.20 bits per heavy atom. The SMILES string of the molecule is CC[N+]1([O-])CCPCC1.Cl. The molecule has 1 saturated heterocycles. The van der Waals surface area contributed by atoms with Gasteiger partial charge in [0.25, 0.3) is 0 Å². The Bertz CT molecular complexity index is 95.7. The lowest BCUT2D eigenvalue weighted by Crippen LogP contribution is -2.47. The first-order valence-electron chi connectivity index (χ1n) is 3.55. The summed E-state index contributed by atoms with van der Waals surface area (Å²) in [4.78, 5) is 0. The van der Waals surface area contributed by atoms with Gasteiger partial charge in [0, 0.05) is 12.3 Å². The molecule has 1 aliphatic rings. The van der Waals surface area contributed by atoms with Crippen molar-refractivity contribution in [2.45, 2.75) is 6.92 Å². The van der Waals surface area contributed by atoms with E-state index in [1.807, 2.05) is 6.92 Å². The van der Waals surface area contributed by atoms with Crippen LogP contribution in [0.15, 0.2) is 0 Å². The molecule has 0 spiro atoms. The lowest BCUT2D eigenvalue weighted by molar-refractivity contribution is -0.875. The minimum Gasteiger partial charge on any atom is -0.633 e. The van der Waals surface area contributed by atoms with E-state index in [2.05, 4.69) is 0 Å². The van der Waals surface area contributed by atoms with Gasteiger partial charge in [-0.3, -0.25) is 0 Å². The van der Waals surface area contributed by atoms with Gasteiger partial charge in [0.1, 0.15) is 0 Å². The average molecular weight is 184 g/mol. The molecule has 0 amide bonds. The third-order valence-corrected chi connectivity index (χ3v) is 3.12. The summed E-state index contributed by atoms with van der Waals surface area (Å²) in [7, 11) is 1.06. The third-order valence-electron chi connectivity index (χ3n) is 1.97. The first kappa shape index (κ1) is 10.6. The molecule has 0 radical (unpaired) electrons. The van der Waals surface area contributed by atoms with Crippen LogP contribution in [-0.2, 0) is 0 Å². The summed E-state index contributed by atoms with van der Waals surface area (Å²) in [5, 5.41) is 11.4. The van der Waals surface area contributed by atoms with Crippen molar-refractivity contribution in [3.05, 3.63) is 5.21 Å². The van der Waals surface area contributed by atoms with Gasteiger partial charge in [-0.1, -0.05) is 0 Å². The fourth-order valence-corrected chi connectivity index (χ4v) is 2.50. The molecule has 1 rings (SSSR count). The van der Waals surface area contributed by atoms with Crippen LogP contribution in [0, 0.1) is 5.21 Å². The van der Waals surface area contributed by atoms with Gasteiger partial charge in [-0.15, -0.1) is 21.0 Å². The molecular formula is C6H15ClNOP. The number of hydrogen-bond acceptors (Lipinski definition) is 1. The molecule has 0 atom stereocenters. The summed E-state index contributed by atoms with van der Waals surface area (Å²) >= 11 is 0. The third kappa shape index (κ3) is 2.71. The molecule has 0 bridgehead atoms. The van der Waals surface area contributed by atoms with Crippen molar-refractivity contribution in [3.8, 4) is 0 Å². The molecule has 2 nitrogen and oxygen atoms in total. The molecule has 1 fully saturated rings.